The highest BCUT2D eigenvalue weighted by atomic mass is 31.2. The van der Waals surface area contributed by atoms with Gasteiger partial charge in [-0.25, -0.2) is 4.57 Å². The summed E-state index contributed by atoms with van der Waals surface area (Å²) in [6.07, 6.45) is 44.7. The number of rotatable bonds is 40. The highest BCUT2D eigenvalue weighted by molar-refractivity contribution is 7.46. The highest BCUT2D eigenvalue weighted by Gasteiger charge is 2.22. The molecule has 306 valence electrons. The molecule has 0 radical (unpaired) electrons. The fraction of sp³-hybridized carbons (Fsp3) is 0.860. The number of phosphoric acid groups is 1. The van der Waals surface area contributed by atoms with Crippen molar-refractivity contribution < 1.29 is 37.9 Å². The van der Waals surface area contributed by atoms with Crippen LogP contribution in [0, 0.1) is 0 Å². The van der Waals surface area contributed by atoms with Crippen molar-refractivity contribution in [2.75, 3.05) is 13.2 Å². The third kappa shape index (κ3) is 41.3. The van der Waals surface area contributed by atoms with E-state index < -0.39 is 32.5 Å². The fourth-order valence-electron chi connectivity index (χ4n) is 6.19. The van der Waals surface area contributed by atoms with Crippen molar-refractivity contribution in [1.82, 2.24) is 0 Å². The molecule has 0 bridgehead atoms. The average molecular weight is 757 g/mol. The monoisotopic (exact) mass is 757 g/mol. The lowest BCUT2D eigenvalue weighted by atomic mass is 10.0. The van der Waals surface area contributed by atoms with Gasteiger partial charge in [0.15, 0.2) is 6.10 Å². The first-order valence-electron chi connectivity index (χ1n) is 21.6. The van der Waals surface area contributed by atoms with Gasteiger partial charge in [0.05, 0.1) is 6.61 Å². The Labute approximate surface area is 319 Å². The summed E-state index contributed by atoms with van der Waals surface area (Å²) in [6, 6.07) is 0. The first kappa shape index (κ1) is 50.5. The van der Waals surface area contributed by atoms with E-state index >= 15 is 0 Å². The minimum absolute atomic E-state index is 0.212. The van der Waals surface area contributed by atoms with Gasteiger partial charge in [0.25, 0.3) is 0 Å². The highest BCUT2D eigenvalue weighted by Crippen LogP contribution is 2.36. The van der Waals surface area contributed by atoms with Crippen molar-refractivity contribution in [3.05, 3.63) is 24.3 Å². The van der Waals surface area contributed by atoms with Gasteiger partial charge in [-0.3, -0.25) is 14.1 Å². The second-order valence-electron chi connectivity index (χ2n) is 14.7. The number of phosphoric ester groups is 1. The van der Waals surface area contributed by atoms with Crippen LogP contribution in [0.4, 0.5) is 0 Å². The summed E-state index contributed by atoms with van der Waals surface area (Å²) in [7, 11) is -4.75. The molecular formula is C43H81O8P. The molecule has 0 aliphatic rings. The summed E-state index contributed by atoms with van der Waals surface area (Å²) in [5.74, 6) is -0.889. The molecule has 0 rings (SSSR count). The predicted molar refractivity (Wildman–Crippen MR) is 216 cm³/mol. The first-order chi connectivity index (χ1) is 25.3. The van der Waals surface area contributed by atoms with Gasteiger partial charge in [-0.15, -0.1) is 0 Å². The van der Waals surface area contributed by atoms with Crippen LogP contribution in [0.5, 0.6) is 0 Å². The molecule has 0 spiro atoms. The number of unbranched alkanes of at least 4 members (excludes halogenated alkanes) is 26. The first-order valence-corrected chi connectivity index (χ1v) is 23.2. The zero-order valence-corrected chi connectivity index (χ0v) is 34.6. The zero-order valence-electron chi connectivity index (χ0n) is 33.7. The van der Waals surface area contributed by atoms with Crippen LogP contribution < -0.4 is 0 Å². The molecule has 0 aliphatic carbocycles. The fourth-order valence-corrected chi connectivity index (χ4v) is 6.55. The summed E-state index contributed by atoms with van der Waals surface area (Å²) in [5, 5.41) is 0. The Morgan fingerprint density at radius 2 is 0.808 bits per heavy atom. The summed E-state index contributed by atoms with van der Waals surface area (Å²) >= 11 is 0. The molecule has 0 heterocycles. The van der Waals surface area contributed by atoms with E-state index in [9.17, 15) is 14.2 Å². The van der Waals surface area contributed by atoms with E-state index in [0.717, 1.165) is 51.4 Å². The molecule has 2 N–H and O–H groups in total. The molecule has 0 aliphatic heterocycles. The molecular weight excluding hydrogens is 675 g/mol. The Bertz CT molecular complexity index is 900. The summed E-state index contributed by atoms with van der Waals surface area (Å²) in [4.78, 5) is 42.8. The largest absolute Gasteiger partial charge is 0.469 e. The SMILES string of the molecule is CCCCCC/C=C/CCCCCCCC(=O)OC[C@H](COP(=O)(O)O)OC(=O)CCCCCCCCCCCCC/C=C/CCCCCCCC. The van der Waals surface area contributed by atoms with E-state index in [2.05, 4.69) is 42.7 Å². The standard InChI is InChI=1S/C43H81O8P/c1-3-5-7-9-11-13-15-17-18-19-20-21-22-23-24-26-28-30-32-34-36-38-43(45)51-41(40-50-52(46,47)48)39-49-42(44)37-35-33-31-29-27-25-16-14-12-10-8-6-4-2/h14,16-18,41H,3-13,15,19-40H2,1-2H3,(H2,46,47,48)/b16-14+,18-17+/t41-/m1/s1. The van der Waals surface area contributed by atoms with Gasteiger partial charge in [0.2, 0.25) is 0 Å². The van der Waals surface area contributed by atoms with Crippen LogP contribution in [0.3, 0.4) is 0 Å². The Kier molecular flexibility index (Phi) is 38.1. The zero-order chi connectivity index (χ0) is 38.2. The molecule has 9 heteroatoms. The number of esters is 2. The molecule has 52 heavy (non-hydrogen) atoms. The number of hydrogen-bond donors (Lipinski definition) is 2. The van der Waals surface area contributed by atoms with Crippen LogP contribution in [0.15, 0.2) is 24.3 Å². The van der Waals surface area contributed by atoms with Crippen LogP contribution in [0.1, 0.15) is 219 Å². The van der Waals surface area contributed by atoms with E-state index in [4.69, 9.17) is 19.3 Å². The van der Waals surface area contributed by atoms with Gasteiger partial charge in [-0.2, -0.15) is 0 Å². The van der Waals surface area contributed by atoms with Crippen LogP contribution in [0.2, 0.25) is 0 Å². The lowest BCUT2D eigenvalue weighted by Gasteiger charge is -2.18. The number of carbonyl (C=O) groups excluding carboxylic acids is 2. The van der Waals surface area contributed by atoms with E-state index in [-0.39, 0.29) is 19.4 Å². The maximum absolute atomic E-state index is 12.4. The average Bonchev–Trinajstić information content (AvgIpc) is 3.11. The van der Waals surface area contributed by atoms with Crippen molar-refractivity contribution >= 4 is 19.8 Å². The number of carbonyl (C=O) groups is 2. The molecule has 0 aromatic carbocycles. The minimum Gasteiger partial charge on any atom is -0.462 e. The normalized spacial score (nSPS) is 12.6. The molecule has 8 nitrogen and oxygen atoms in total. The van der Waals surface area contributed by atoms with Crippen LogP contribution >= 0.6 is 7.82 Å². The third-order valence-corrected chi connectivity index (χ3v) is 9.93. The van der Waals surface area contributed by atoms with Gasteiger partial charge >= 0.3 is 19.8 Å². The van der Waals surface area contributed by atoms with Crippen molar-refractivity contribution in [2.24, 2.45) is 0 Å². The van der Waals surface area contributed by atoms with E-state index in [1.807, 2.05) is 0 Å². The number of ether oxygens (including phenoxy) is 2. The topological polar surface area (TPSA) is 119 Å². The number of hydrogen-bond acceptors (Lipinski definition) is 6. The summed E-state index contributed by atoms with van der Waals surface area (Å²) in [5.41, 5.74) is 0. The molecule has 0 saturated heterocycles. The minimum atomic E-state index is -4.75. The Balaban J connectivity index is 3.86. The second-order valence-corrected chi connectivity index (χ2v) is 15.9. The maximum atomic E-state index is 12.4. The maximum Gasteiger partial charge on any atom is 0.469 e. The number of allylic oxidation sites excluding steroid dienone is 4. The lowest BCUT2D eigenvalue weighted by molar-refractivity contribution is -0.161. The lowest BCUT2D eigenvalue weighted by Crippen LogP contribution is -2.29. The van der Waals surface area contributed by atoms with E-state index in [0.29, 0.717) is 12.8 Å². The van der Waals surface area contributed by atoms with Crippen LogP contribution in [-0.2, 0) is 28.2 Å². The summed E-state index contributed by atoms with van der Waals surface area (Å²) < 4.78 is 26.4. The van der Waals surface area contributed by atoms with Crippen molar-refractivity contribution in [3.63, 3.8) is 0 Å². The van der Waals surface area contributed by atoms with Crippen LogP contribution in [0.25, 0.3) is 0 Å². The van der Waals surface area contributed by atoms with Crippen molar-refractivity contribution in [3.8, 4) is 0 Å². The van der Waals surface area contributed by atoms with E-state index in [1.54, 1.807) is 0 Å². The van der Waals surface area contributed by atoms with Gasteiger partial charge in [0.1, 0.15) is 6.61 Å². The third-order valence-electron chi connectivity index (χ3n) is 9.44. The molecule has 0 amide bonds. The Morgan fingerprint density at radius 3 is 1.19 bits per heavy atom. The van der Waals surface area contributed by atoms with Crippen molar-refractivity contribution in [1.29, 1.82) is 0 Å². The Hall–Kier alpha value is -1.47. The Morgan fingerprint density at radius 1 is 0.481 bits per heavy atom. The predicted octanol–water partition coefficient (Wildman–Crippen LogP) is 13.2. The van der Waals surface area contributed by atoms with Gasteiger partial charge in [0, 0.05) is 12.8 Å². The van der Waals surface area contributed by atoms with Gasteiger partial charge in [-0.05, 0) is 64.2 Å². The molecule has 0 fully saturated rings. The summed E-state index contributed by atoms with van der Waals surface area (Å²) in [6.45, 7) is 3.67. The van der Waals surface area contributed by atoms with Crippen molar-refractivity contribution in [2.45, 2.75) is 225 Å². The molecule has 0 saturated carbocycles. The van der Waals surface area contributed by atoms with Gasteiger partial charge < -0.3 is 19.3 Å². The van der Waals surface area contributed by atoms with E-state index in [1.165, 1.54) is 128 Å². The quantitative estimate of drug-likeness (QED) is 0.0274. The molecule has 0 aromatic heterocycles. The van der Waals surface area contributed by atoms with Gasteiger partial charge in [-0.1, -0.05) is 167 Å². The molecule has 1 atom stereocenters. The molecule has 0 aromatic rings. The van der Waals surface area contributed by atoms with Crippen LogP contribution in [-0.4, -0.2) is 41.0 Å². The second kappa shape index (κ2) is 39.2. The smallest absolute Gasteiger partial charge is 0.462 e. The molecule has 0 unspecified atom stereocenters.